The van der Waals surface area contributed by atoms with E-state index in [4.69, 9.17) is 9.47 Å². The van der Waals surface area contributed by atoms with E-state index in [2.05, 4.69) is 27.4 Å². The van der Waals surface area contributed by atoms with Crippen LogP contribution in [0, 0.1) is 5.41 Å². The number of nitrogens with zero attached hydrogens (tertiary/aromatic N) is 2. The van der Waals surface area contributed by atoms with E-state index in [1.54, 1.807) is 0 Å². The van der Waals surface area contributed by atoms with Gasteiger partial charge in [0, 0.05) is 42.7 Å². The number of hydrogen-bond donors (Lipinski definition) is 0. The number of rotatable bonds is 6. The van der Waals surface area contributed by atoms with Gasteiger partial charge in [-0.3, -0.25) is 9.88 Å². The number of fused-ring (bicyclic) bond motifs is 1. The summed E-state index contributed by atoms with van der Waals surface area (Å²) in [6, 6.07) is 10.4. The maximum atomic E-state index is 6.15. The van der Waals surface area contributed by atoms with Crippen LogP contribution in [-0.4, -0.2) is 42.3 Å². The zero-order chi connectivity index (χ0) is 17.0. The van der Waals surface area contributed by atoms with Gasteiger partial charge in [-0.05, 0) is 42.8 Å². The lowest BCUT2D eigenvalue weighted by Gasteiger charge is -2.50. The average molecular weight is 359 g/mol. The molecule has 0 N–H and O–H groups in total. The van der Waals surface area contributed by atoms with Crippen molar-refractivity contribution in [1.82, 2.24) is 9.88 Å². The Bertz CT molecular complexity index is 649. The van der Waals surface area contributed by atoms with Gasteiger partial charge in [0.15, 0.2) is 0 Å². The molecule has 2 aromatic heterocycles. The highest BCUT2D eigenvalue weighted by molar-refractivity contribution is 7.09. The largest absolute Gasteiger partial charge is 0.377 e. The number of aromatic nitrogens is 1. The molecule has 4 heterocycles. The maximum absolute atomic E-state index is 6.15. The monoisotopic (exact) mass is 358 g/mol. The van der Waals surface area contributed by atoms with Crippen molar-refractivity contribution >= 4 is 11.3 Å². The van der Waals surface area contributed by atoms with E-state index < -0.39 is 0 Å². The molecule has 0 spiro atoms. The summed E-state index contributed by atoms with van der Waals surface area (Å²) in [4.78, 5) is 8.39. The molecule has 2 saturated heterocycles. The minimum absolute atomic E-state index is 0.128. The van der Waals surface area contributed by atoms with Crippen LogP contribution in [0.1, 0.15) is 29.8 Å². The van der Waals surface area contributed by atoms with Gasteiger partial charge in [0.1, 0.15) is 0 Å². The Morgan fingerprint density at radius 2 is 2.32 bits per heavy atom. The number of ether oxygens (including phenoxy) is 2. The quantitative estimate of drug-likeness (QED) is 0.788. The maximum Gasteiger partial charge on any atom is 0.0888 e. The zero-order valence-corrected chi connectivity index (χ0v) is 15.4. The van der Waals surface area contributed by atoms with E-state index in [0.29, 0.717) is 12.7 Å². The fraction of sp³-hybridized carbons (Fsp3) is 0.550. The normalized spacial score (nSPS) is 27.1. The van der Waals surface area contributed by atoms with Crippen molar-refractivity contribution in [3.05, 3.63) is 52.5 Å². The minimum Gasteiger partial charge on any atom is -0.377 e. The summed E-state index contributed by atoms with van der Waals surface area (Å²) >= 11 is 1.85. The molecule has 0 unspecified atom stereocenters. The van der Waals surface area contributed by atoms with Crippen LogP contribution in [0.15, 0.2) is 41.9 Å². The Balaban J connectivity index is 1.40. The summed E-state index contributed by atoms with van der Waals surface area (Å²) in [5.74, 6) is 0. The van der Waals surface area contributed by atoms with Crippen molar-refractivity contribution in [3.63, 3.8) is 0 Å². The first-order valence-electron chi connectivity index (χ1n) is 9.18. The van der Waals surface area contributed by atoms with Crippen molar-refractivity contribution in [2.75, 3.05) is 26.3 Å². The van der Waals surface area contributed by atoms with Crippen molar-refractivity contribution < 1.29 is 9.47 Å². The summed E-state index contributed by atoms with van der Waals surface area (Å²) in [6.07, 6.45) is 5.60. The number of pyridine rings is 1. The molecule has 0 saturated carbocycles. The Hall–Kier alpha value is -1.27. The van der Waals surface area contributed by atoms with Gasteiger partial charge in [0.2, 0.25) is 0 Å². The molecule has 0 bridgehead atoms. The first-order valence-corrected chi connectivity index (χ1v) is 10.1. The first-order chi connectivity index (χ1) is 12.3. The van der Waals surface area contributed by atoms with Gasteiger partial charge in [0.05, 0.1) is 25.0 Å². The Morgan fingerprint density at radius 3 is 3.16 bits per heavy atom. The van der Waals surface area contributed by atoms with Crippen LogP contribution in [0.3, 0.4) is 0 Å². The van der Waals surface area contributed by atoms with E-state index in [1.165, 1.54) is 11.3 Å². The zero-order valence-electron chi connectivity index (χ0n) is 14.6. The van der Waals surface area contributed by atoms with Crippen LogP contribution in [0.2, 0.25) is 0 Å². The van der Waals surface area contributed by atoms with E-state index in [0.717, 1.165) is 51.4 Å². The van der Waals surface area contributed by atoms with Crippen molar-refractivity contribution in [3.8, 4) is 0 Å². The lowest BCUT2D eigenvalue weighted by molar-refractivity contribution is -0.155. The highest BCUT2D eigenvalue weighted by Gasteiger charge is 2.46. The SMILES string of the molecule is c1ccc(COC[C@]23CCCO[C@H]2CCN(Cc2cccs2)C3)nc1. The van der Waals surface area contributed by atoms with E-state index in [1.807, 2.05) is 35.7 Å². The van der Waals surface area contributed by atoms with Crippen LogP contribution in [0.25, 0.3) is 0 Å². The second kappa shape index (κ2) is 7.96. The fourth-order valence-corrected chi connectivity index (χ4v) is 4.94. The van der Waals surface area contributed by atoms with Crippen LogP contribution in [0.5, 0.6) is 0 Å². The molecule has 0 amide bonds. The smallest absolute Gasteiger partial charge is 0.0888 e. The molecule has 2 aliphatic rings. The number of likely N-dealkylation sites (tertiary alicyclic amines) is 1. The molecule has 5 heteroatoms. The van der Waals surface area contributed by atoms with Crippen LogP contribution >= 0.6 is 11.3 Å². The summed E-state index contributed by atoms with van der Waals surface area (Å²) in [7, 11) is 0. The molecule has 4 rings (SSSR count). The highest BCUT2D eigenvalue weighted by Crippen LogP contribution is 2.41. The summed E-state index contributed by atoms with van der Waals surface area (Å²) in [5, 5.41) is 2.16. The topological polar surface area (TPSA) is 34.6 Å². The predicted octanol–water partition coefficient (Wildman–Crippen LogP) is 3.73. The molecule has 25 heavy (non-hydrogen) atoms. The molecule has 0 aromatic carbocycles. The molecular weight excluding hydrogens is 332 g/mol. The predicted molar refractivity (Wildman–Crippen MR) is 99.5 cm³/mol. The third kappa shape index (κ3) is 4.11. The van der Waals surface area contributed by atoms with Crippen LogP contribution in [-0.2, 0) is 22.6 Å². The molecule has 0 radical (unpaired) electrons. The summed E-state index contributed by atoms with van der Waals surface area (Å²) < 4.78 is 12.3. The molecule has 2 atom stereocenters. The third-order valence-electron chi connectivity index (χ3n) is 5.39. The van der Waals surface area contributed by atoms with Gasteiger partial charge < -0.3 is 9.47 Å². The molecule has 4 nitrogen and oxygen atoms in total. The van der Waals surface area contributed by atoms with Gasteiger partial charge in [-0.15, -0.1) is 11.3 Å². The van der Waals surface area contributed by atoms with E-state index in [9.17, 15) is 0 Å². The fourth-order valence-electron chi connectivity index (χ4n) is 4.19. The Labute approximate surface area is 153 Å². The van der Waals surface area contributed by atoms with Gasteiger partial charge in [-0.1, -0.05) is 12.1 Å². The molecule has 0 aliphatic carbocycles. The highest BCUT2D eigenvalue weighted by atomic mass is 32.1. The second-order valence-electron chi connectivity index (χ2n) is 7.22. The molecule has 2 fully saturated rings. The van der Waals surface area contributed by atoms with Gasteiger partial charge in [-0.2, -0.15) is 0 Å². The van der Waals surface area contributed by atoms with Gasteiger partial charge in [0.25, 0.3) is 0 Å². The van der Waals surface area contributed by atoms with Crippen molar-refractivity contribution in [2.45, 2.75) is 38.5 Å². The number of thiophene rings is 1. The standard InChI is InChI=1S/C20H26N2O2S/c1-2-9-21-17(5-1)14-23-16-20-8-4-11-24-19(20)7-10-22(15-20)13-18-6-3-12-25-18/h1-3,5-6,9,12,19H,4,7-8,10-11,13-16H2/t19-,20+/m0/s1. The van der Waals surface area contributed by atoms with Crippen molar-refractivity contribution in [1.29, 1.82) is 0 Å². The molecular formula is C20H26N2O2S. The lowest BCUT2D eigenvalue weighted by Crippen LogP contribution is -2.56. The molecule has 2 aliphatic heterocycles. The molecule has 2 aromatic rings. The van der Waals surface area contributed by atoms with Crippen LogP contribution in [0.4, 0.5) is 0 Å². The summed E-state index contributed by atoms with van der Waals surface area (Å²) in [6.45, 7) is 5.47. The average Bonchev–Trinajstić information content (AvgIpc) is 3.15. The van der Waals surface area contributed by atoms with E-state index in [-0.39, 0.29) is 5.41 Å². The Morgan fingerprint density at radius 1 is 1.32 bits per heavy atom. The first kappa shape index (κ1) is 17.2. The van der Waals surface area contributed by atoms with Crippen molar-refractivity contribution in [2.24, 2.45) is 5.41 Å². The van der Waals surface area contributed by atoms with E-state index >= 15 is 0 Å². The number of hydrogen-bond acceptors (Lipinski definition) is 5. The Kier molecular flexibility index (Phi) is 5.46. The molecule has 134 valence electrons. The lowest BCUT2D eigenvalue weighted by atomic mass is 9.73. The van der Waals surface area contributed by atoms with Crippen LogP contribution < -0.4 is 0 Å². The summed E-state index contributed by atoms with van der Waals surface area (Å²) in [5.41, 5.74) is 1.13. The van der Waals surface area contributed by atoms with Gasteiger partial charge in [-0.25, -0.2) is 0 Å². The second-order valence-corrected chi connectivity index (χ2v) is 8.25. The number of piperidine rings is 1. The minimum atomic E-state index is 0.128. The third-order valence-corrected chi connectivity index (χ3v) is 6.25. The van der Waals surface area contributed by atoms with Gasteiger partial charge >= 0.3 is 0 Å².